The molecule has 0 unspecified atom stereocenters. The topological polar surface area (TPSA) is 114 Å². The Bertz CT molecular complexity index is 1400. The number of nitrogens with two attached hydrogens (primary N) is 1. The Morgan fingerprint density at radius 3 is 2.82 bits per heavy atom. The molecule has 9 nitrogen and oxygen atoms in total. The van der Waals surface area contributed by atoms with E-state index < -0.39 is 0 Å². The fourth-order valence-corrected chi connectivity index (χ4v) is 5.44. The average Bonchev–Trinajstić information content (AvgIpc) is 3.69. The molecule has 1 amide bonds. The molecule has 2 aliphatic heterocycles. The van der Waals surface area contributed by atoms with Gasteiger partial charge in [0.2, 0.25) is 0 Å². The Balaban J connectivity index is 1.44. The standard InChI is InChI=1S/C28H32FN5O4/c1-2-19-20(29)5-4-17-12-18(35)13-22(23(17)19)34-14-21-24(26(34)36)25(33-8-3-10-37-11-9-33)32-27(31-21)38-16-28(15-30)6-7-28/h4-5,12-13,35H,2-3,6-11,14-16,30H2,1H3. The third kappa shape index (κ3) is 4.31. The molecule has 38 heavy (non-hydrogen) atoms. The zero-order chi connectivity index (χ0) is 26.4. The van der Waals surface area contributed by atoms with Gasteiger partial charge in [0, 0.05) is 43.1 Å². The second-order valence-corrected chi connectivity index (χ2v) is 10.4. The summed E-state index contributed by atoms with van der Waals surface area (Å²) < 4.78 is 26.5. The lowest BCUT2D eigenvalue weighted by atomic mass is 9.99. The monoisotopic (exact) mass is 521 g/mol. The summed E-state index contributed by atoms with van der Waals surface area (Å²) in [5.74, 6) is -0.107. The molecule has 1 aromatic heterocycles. The number of anilines is 2. The van der Waals surface area contributed by atoms with E-state index in [0.29, 0.717) is 85.0 Å². The molecule has 2 fully saturated rings. The summed E-state index contributed by atoms with van der Waals surface area (Å²) >= 11 is 0. The van der Waals surface area contributed by atoms with Crippen LogP contribution in [0.1, 0.15) is 47.8 Å². The highest BCUT2D eigenvalue weighted by Gasteiger charge is 2.43. The quantitative estimate of drug-likeness (QED) is 0.485. The minimum atomic E-state index is -0.342. The first-order chi connectivity index (χ1) is 18.4. The number of amides is 1. The SMILES string of the molecule is CCc1c(F)ccc2cc(O)cc(N3Cc4nc(OCC5(CN)CC5)nc(N5CCCOCC5)c4C3=O)c12. The maximum absolute atomic E-state index is 14.8. The van der Waals surface area contributed by atoms with Gasteiger partial charge in [-0.1, -0.05) is 13.0 Å². The number of rotatable bonds is 7. The number of fused-ring (bicyclic) bond motifs is 2. The van der Waals surface area contributed by atoms with Gasteiger partial charge in [0.25, 0.3) is 5.91 Å². The predicted octanol–water partition coefficient (Wildman–Crippen LogP) is 3.54. The van der Waals surface area contributed by atoms with E-state index in [0.717, 1.165) is 19.3 Å². The van der Waals surface area contributed by atoms with Gasteiger partial charge in [0.05, 0.1) is 31.1 Å². The van der Waals surface area contributed by atoms with Crippen LogP contribution >= 0.6 is 0 Å². The molecule has 3 N–H and O–H groups in total. The van der Waals surface area contributed by atoms with Crippen LogP contribution in [0.2, 0.25) is 0 Å². The highest BCUT2D eigenvalue weighted by atomic mass is 19.1. The summed E-state index contributed by atoms with van der Waals surface area (Å²) in [6.45, 7) is 5.45. The molecule has 1 saturated heterocycles. The van der Waals surface area contributed by atoms with Crippen molar-refractivity contribution in [2.24, 2.45) is 11.1 Å². The van der Waals surface area contributed by atoms with E-state index in [2.05, 4.69) is 9.88 Å². The smallest absolute Gasteiger partial charge is 0.318 e. The normalized spacial score (nSPS) is 18.6. The van der Waals surface area contributed by atoms with Crippen molar-refractivity contribution >= 4 is 28.2 Å². The number of nitrogens with zero attached hydrogens (tertiary/aromatic N) is 4. The number of hydrogen-bond donors (Lipinski definition) is 2. The maximum atomic E-state index is 14.8. The van der Waals surface area contributed by atoms with Crippen LogP contribution in [-0.4, -0.2) is 60.4 Å². The van der Waals surface area contributed by atoms with Crippen molar-refractivity contribution in [1.82, 2.24) is 9.97 Å². The van der Waals surface area contributed by atoms with E-state index >= 15 is 0 Å². The molecule has 6 rings (SSSR count). The zero-order valence-electron chi connectivity index (χ0n) is 21.5. The average molecular weight is 522 g/mol. The molecule has 2 aromatic carbocycles. The van der Waals surface area contributed by atoms with Crippen molar-refractivity contribution in [2.45, 2.75) is 39.2 Å². The van der Waals surface area contributed by atoms with E-state index in [1.54, 1.807) is 17.0 Å². The first kappa shape index (κ1) is 24.8. The number of carbonyl (C=O) groups excluding carboxylic acids is 1. The van der Waals surface area contributed by atoms with Gasteiger partial charge in [-0.2, -0.15) is 9.97 Å². The van der Waals surface area contributed by atoms with Gasteiger partial charge in [0.1, 0.15) is 22.9 Å². The Labute approximate surface area is 220 Å². The number of aromatic hydroxyl groups is 1. The molecule has 3 aliphatic rings. The van der Waals surface area contributed by atoms with Crippen molar-refractivity contribution in [2.75, 3.05) is 49.3 Å². The van der Waals surface area contributed by atoms with E-state index in [9.17, 15) is 14.3 Å². The van der Waals surface area contributed by atoms with Crippen molar-refractivity contribution in [3.05, 3.63) is 46.9 Å². The first-order valence-corrected chi connectivity index (χ1v) is 13.3. The Morgan fingerprint density at radius 1 is 1.21 bits per heavy atom. The van der Waals surface area contributed by atoms with Gasteiger partial charge in [-0.15, -0.1) is 0 Å². The van der Waals surface area contributed by atoms with Gasteiger partial charge < -0.3 is 30.1 Å². The number of halogens is 1. The molecule has 0 atom stereocenters. The number of aromatic nitrogens is 2. The minimum Gasteiger partial charge on any atom is -0.508 e. The van der Waals surface area contributed by atoms with Crippen molar-refractivity contribution in [1.29, 1.82) is 0 Å². The third-order valence-electron chi connectivity index (χ3n) is 7.91. The Kier molecular flexibility index (Phi) is 6.31. The lowest BCUT2D eigenvalue weighted by Gasteiger charge is -2.24. The summed E-state index contributed by atoms with van der Waals surface area (Å²) in [5.41, 5.74) is 7.81. The van der Waals surface area contributed by atoms with Crippen LogP contribution in [0.5, 0.6) is 11.8 Å². The number of phenols is 1. The number of aryl methyl sites for hydroxylation is 1. The lowest BCUT2D eigenvalue weighted by molar-refractivity contribution is 0.0997. The Morgan fingerprint density at radius 2 is 2.05 bits per heavy atom. The molecular weight excluding hydrogens is 489 g/mol. The minimum absolute atomic E-state index is 0.00132. The number of benzene rings is 2. The molecule has 0 bridgehead atoms. The zero-order valence-corrected chi connectivity index (χ0v) is 21.5. The number of ether oxygens (including phenoxy) is 2. The summed E-state index contributed by atoms with van der Waals surface area (Å²) in [6, 6.07) is 6.35. The molecule has 3 aromatic rings. The van der Waals surface area contributed by atoms with Crippen LogP contribution in [-0.2, 0) is 17.7 Å². The van der Waals surface area contributed by atoms with Crippen LogP contribution in [0, 0.1) is 11.2 Å². The van der Waals surface area contributed by atoms with Gasteiger partial charge >= 0.3 is 6.01 Å². The molecule has 1 aliphatic carbocycles. The highest BCUT2D eigenvalue weighted by Crippen LogP contribution is 2.45. The predicted molar refractivity (Wildman–Crippen MR) is 141 cm³/mol. The molecular formula is C28H32FN5O4. The molecule has 0 radical (unpaired) electrons. The maximum Gasteiger partial charge on any atom is 0.318 e. The third-order valence-corrected chi connectivity index (χ3v) is 7.91. The number of carbonyl (C=O) groups is 1. The largest absolute Gasteiger partial charge is 0.508 e. The van der Waals surface area contributed by atoms with E-state index in [1.165, 1.54) is 12.1 Å². The van der Waals surface area contributed by atoms with Crippen molar-refractivity contribution in [3.8, 4) is 11.8 Å². The van der Waals surface area contributed by atoms with Gasteiger partial charge in [-0.05, 0) is 48.8 Å². The second kappa shape index (κ2) is 9.67. The first-order valence-electron chi connectivity index (χ1n) is 13.3. The summed E-state index contributed by atoms with van der Waals surface area (Å²) in [4.78, 5) is 27.0. The van der Waals surface area contributed by atoms with E-state index in [-0.39, 0.29) is 35.4 Å². The number of phenolic OH excluding ortho intramolecular Hbond substituents is 1. The summed E-state index contributed by atoms with van der Waals surface area (Å²) in [5, 5.41) is 11.8. The molecule has 0 spiro atoms. The van der Waals surface area contributed by atoms with Crippen LogP contribution in [0.4, 0.5) is 15.9 Å². The Hall–Kier alpha value is -3.50. The second-order valence-electron chi connectivity index (χ2n) is 10.4. The van der Waals surface area contributed by atoms with Crippen molar-refractivity contribution in [3.63, 3.8) is 0 Å². The van der Waals surface area contributed by atoms with Gasteiger partial charge in [-0.3, -0.25) is 4.79 Å². The van der Waals surface area contributed by atoms with Crippen LogP contribution in [0.25, 0.3) is 10.8 Å². The fourth-order valence-electron chi connectivity index (χ4n) is 5.44. The summed E-state index contributed by atoms with van der Waals surface area (Å²) in [7, 11) is 0. The molecule has 200 valence electrons. The molecule has 10 heteroatoms. The van der Waals surface area contributed by atoms with Crippen molar-refractivity contribution < 1.29 is 23.8 Å². The van der Waals surface area contributed by atoms with Gasteiger partial charge in [0.15, 0.2) is 0 Å². The summed E-state index contributed by atoms with van der Waals surface area (Å²) in [6.07, 6.45) is 3.27. The molecule has 3 heterocycles. The van der Waals surface area contributed by atoms with Crippen LogP contribution < -0.4 is 20.3 Å². The van der Waals surface area contributed by atoms with E-state index in [4.69, 9.17) is 20.2 Å². The van der Waals surface area contributed by atoms with Crippen LogP contribution in [0.15, 0.2) is 24.3 Å². The fraction of sp³-hybridized carbons (Fsp3) is 0.464. The van der Waals surface area contributed by atoms with Crippen LogP contribution in [0.3, 0.4) is 0 Å². The molecule has 1 saturated carbocycles. The van der Waals surface area contributed by atoms with E-state index in [1.807, 2.05) is 6.92 Å². The lowest BCUT2D eigenvalue weighted by Crippen LogP contribution is -2.30. The number of hydrogen-bond acceptors (Lipinski definition) is 8. The highest BCUT2D eigenvalue weighted by molar-refractivity contribution is 6.16. The van der Waals surface area contributed by atoms with Gasteiger partial charge in [-0.25, -0.2) is 4.39 Å².